The van der Waals surface area contributed by atoms with Gasteiger partial charge in [-0.3, -0.25) is 4.90 Å². The molecule has 1 fully saturated rings. The van der Waals surface area contributed by atoms with Crippen molar-refractivity contribution in [2.75, 3.05) is 12.3 Å². The Morgan fingerprint density at radius 1 is 1.44 bits per heavy atom. The van der Waals surface area contributed by atoms with E-state index in [1.807, 2.05) is 6.07 Å². The Labute approximate surface area is 106 Å². The number of halogens is 1. The van der Waals surface area contributed by atoms with E-state index in [1.165, 1.54) is 31.4 Å². The molecule has 0 atom stereocenters. The van der Waals surface area contributed by atoms with Crippen LogP contribution in [0, 0.1) is 0 Å². The molecule has 16 heavy (non-hydrogen) atoms. The molecule has 0 radical (unpaired) electrons. The van der Waals surface area contributed by atoms with Gasteiger partial charge in [0.25, 0.3) is 0 Å². The van der Waals surface area contributed by atoms with Gasteiger partial charge in [-0.25, -0.2) is 0 Å². The molecule has 0 spiro atoms. The summed E-state index contributed by atoms with van der Waals surface area (Å²) in [6.45, 7) is 4.47. The lowest BCUT2D eigenvalue weighted by atomic mass is 10.2. The van der Waals surface area contributed by atoms with Gasteiger partial charge < -0.3 is 5.73 Å². The van der Waals surface area contributed by atoms with Crippen molar-refractivity contribution in [3.05, 3.63) is 28.2 Å². The molecular weight excluding hydrogens is 264 g/mol. The van der Waals surface area contributed by atoms with Gasteiger partial charge in [-0.05, 0) is 59.4 Å². The van der Waals surface area contributed by atoms with Crippen LogP contribution in [0.2, 0.25) is 0 Å². The Kier molecular flexibility index (Phi) is 3.87. The smallest absolute Gasteiger partial charge is 0.0461 e. The molecule has 88 valence electrons. The van der Waals surface area contributed by atoms with E-state index < -0.39 is 0 Å². The second-order valence-corrected chi connectivity index (χ2v) is 5.41. The van der Waals surface area contributed by atoms with Crippen LogP contribution in [0.25, 0.3) is 0 Å². The SMILES string of the molecule is CCCN(Cc1ccc(Br)c(N)c1)C1CC1. The number of nitrogens with two attached hydrogens (primary N) is 1. The summed E-state index contributed by atoms with van der Waals surface area (Å²) in [5, 5.41) is 0. The van der Waals surface area contributed by atoms with Crippen LogP contribution in [0.5, 0.6) is 0 Å². The highest BCUT2D eigenvalue weighted by Crippen LogP contribution is 2.29. The molecule has 0 aliphatic heterocycles. The van der Waals surface area contributed by atoms with Crippen LogP contribution in [0.3, 0.4) is 0 Å². The summed E-state index contributed by atoms with van der Waals surface area (Å²) >= 11 is 3.43. The predicted molar refractivity (Wildman–Crippen MR) is 72.3 cm³/mol. The third-order valence-electron chi connectivity index (χ3n) is 3.02. The van der Waals surface area contributed by atoms with Crippen LogP contribution in [-0.4, -0.2) is 17.5 Å². The Morgan fingerprint density at radius 2 is 2.19 bits per heavy atom. The normalized spacial score (nSPS) is 15.7. The lowest BCUT2D eigenvalue weighted by Gasteiger charge is -2.21. The molecular formula is C13H19BrN2. The Hall–Kier alpha value is -0.540. The minimum absolute atomic E-state index is 0.824. The molecule has 2 N–H and O–H groups in total. The van der Waals surface area contributed by atoms with Crippen molar-refractivity contribution >= 4 is 21.6 Å². The Morgan fingerprint density at radius 3 is 2.75 bits per heavy atom. The van der Waals surface area contributed by atoms with Crippen LogP contribution in [0.15, 0.2) is 22.7 Å². The van der Waals surface area contributed by atoms with E-state index in [-0.39, 0.29) is 0 Å². The van der Waals surface area contributed by atoms with Gasteiger partial charge in [-0.2, -0.15) is 0 Å². The molecule has 0 aromatic heterocycles. The van der Waals surface area contributed by atoms with Gasteiger partial charge in [0.2, 0.25) is 0 Å². The van der Waals surface area contributed by atoms with Crippen LogP contribution in [0.4, 0.5) is 5.69 Å². The second kappa shape index (κ2) is 5.19. The number of hydrogen-bond acceptors (Lipinski definition) is 2. The van der Waals surface area contributed by atoms with Crippen molar-refractivity contribution in [2.45, 2.75) is 38.8 Å². The minimum atomic E-state index is 0.824. The van der Waals surface area contributed by atoms with E-state index in [1.54, 1.807) is 0 Å². The standard InChI is InChI=1S/C13H19BrN2/c1-2-7-16(11-4-5-11)9-10-3-6-12(14)13(15)8-10/h3,6,8,11H,2,4-5,7,9,15H2,1H3. The van der Waals surface area contributed by atoms with Crippen molar-refractivity contribution in [2.24, 2.45) is 0 Å². The van der Waals surface area contributed by atoms with E-state index in [4.69, 9.17) is 5.73 Å². The molecule has 1 aromatic carbocycles. The zero-order valence-corrected chi connectivity index (χ0v) is 11.3. The predicted octanol–water partition coefficient (Wildman–Crippen LogP) is 3.41. The fraction of sp³-hybridized carbons (Fsp3) is 0.538. The molecule has 0 saturated heterocycles. The van der Waals surface area contributed by atoms with Gasteiger partial charge in [-0.1, -0.05) is 13.0 Å². The highest BCUT2D eigenvalue weighted by Gasteiger charge is 2.28. The van der Waals surface area contributed by atoms with Crippen molar-refractivity contribution in [3.63, 3.8) is 0 Å². The summed E-state index contributed by atoms with van der Waals surface area (Å²) < 4.78 is 0.990. The van der Waals surface area contributed by atoms with Gasteiger partial charge in [0, 0.05) is 22.7 Å². The summed E-state index contributed by atoms with van der Waals surface area (Å²) in [6, 6.07) is 7.10. The Balaban J connectivity index is 2.03. The average Bonchev–Trinajstić information content (AvgIpc) is 3.06. The first kappa shape index (κ1) is 11.9. The van der Waals surface area contributed by atoms with E-state index >= 15 is 0 Å². The zero-order valence-electron chi connectivity index (χ0n) is 9.75. The highest BCUT2D eigenvalue weighted by molar-refractivity contribution is 9.10. The number of nitrogens with zero attached hydrogens (tertiary/aromatic N) is 1. The van der Waals surface area contributed by atoms with Crippen molar-refractivity contribution in [3.8, 4) is 0 Å². The summed E-state index contributed by atoms with van der Waals surface area (Å²) in [6.07, 6.45) is 3.96. The molecule has 3 heteroatoms. The zero-order chi connectivity index (χ0) is 11.5. The van der Waals surface area contributed by atoms with Gasteiger partial charge in [-0.15, -0.1) is 0 Å². The molecule has 0 bridgehead atoms. The molecule has 1 saturated carbocycles. The third-order valence-corrected chi connectivity index (χ3v) is 3.74. The molecule has 0 amide bonds. The molecule has 0 unspecified atom stereocenters. The maximum absolute atomic E-state index is 5.90. The quantitative estimate of drug-likeness (QED) is 0.839. The van der Waals surface area contributed by atoms with Crippen LogP contribution in [0.1, 0.15) is 31.7 Å². The monoisotopic (exact) mass is 282 g/mol. The summed E-state index contributed by atoms with van der Waals surface area (Å²) in [5.41, 5.74) is 8.05. The maximum Gasteiger partial charge on any atom is 0.0461 e. The molecule has 1 aliphatic rings. The van der Waals surface area contributed by atoms with Gasteiger partial charge in [0.05, 0.1) is 0 Å². The van der Waals surface area contributed by atoms with E-state index in [0.29, 0.717) is 0 Å². The molecule has 2 nitrogen and oxygen atoms in total. The molecule has 0 heterocycles. The van der Waals surface area contributed by atoms with Crippen molar-refractivity contribution < 1.29 is 0 Å². The first-order chi connectivity index (χ1) is 7.70. The number of anilines is 1. The number of hydrogen-bond donors (Lipinski definition) is 1. The molecule has 1 aliphatic carbocycles. The van der Waals surface area contributed by atoms with Crippen LogP contribution >= 0.6 is 15.9 Å². The van der Waals surface area contributed by atoms with Gasteiger partial charge in [0.1, 0.15) is 0 Å². The number of nitrogen functional groups attached to an aromatic ring is 1. The first-order valence-electron chi connectivity index (χ1n) is 5.98. The minimum Gasteiger partial charge on any atom is -0.398 e. The first-order valence-corrected chi connectivity index (χ1v) is 6.78. The number of benzene rings is 1. The van der Waals surface area contributed by atoms with E-state index in [9.17, 15) is 0 Å². The summed E-state index contributed by atoms with van der Waals surface area (Å²) in [5.74, 6) is 0. The third kappa shape index (κ3) is 2.98. The maximum atomic E-state index is 5.90. The van der Waals surface area contributed by atoms with Crippen molar-refractivity contribution in [1.82, 2.24) is 4.90 Å². The summed E-state index contributed by atoms with van der Waals surface area (Å²) in [7, 11) is 0. The lowest BCUT2D eigenvalue weighted by molar-refractivity contribution is 0.255. The van der Waals surface area contributed by atoms with Gasteiger partial charge in [0.15, 0.2) is 0 Å². The van der Waals surface area contributed by atoms with E-state index in [0.717, 1.165) is 22.7 Å². The second-order valence-electron chi connectivity index (χ2n) is 4.56. The molecule has 2 rings (SSSR count). The van der Waals surface area contributed by atoms with Crippen molar-refractivity contribution in [1.29, 1.82) is 0 Å². The fourth-order valence-electron chi connectivity index (χ4n) is 2.04. The summed E-state index contributed by atoms with van der Waals surface area (Å²) in [4.78, 5) is 2.57. The lowest BCUT2D eigenvalue weighted by Crippen LogP contribution is -2.26. The number of rotatable bonds is 5. The topological polar surface area (TPSA) is 29.3 Å². The van der Waals surface area contributed by atoms with Crippen LogP contribution in [-0.2, 0) is 6.54 Å². The van der Waals surface area contributed by atoms with Gasteiger partial charge >= 0.3 is 0 Å². The van der Waals surface area contributed by atoms with Crippen LogP contribution < -0.4 is 5.73 Å². The Bertz CT molecular complexity index is 361. The molecule has 1 aromatic rings. The fourth-order valence-corrected chi connectivity index (χ4v) is 2.29. The average molecular weight is 283 g/mol. The largest absolute Gasteiger partial charge is 0.398 e. The van der Waals surface area contributed by atoms with E-state index in [2.05, 4.69) is 39.9 Å². The highest BCUT2D eigenvalue weighted by atomic mass is 79.9.